The van der Waals surface area contributed by atoms with Crippen molar-refractivity contribution in [2.45, 2.75) is 0 Å². The van der Waals surface area contributed by atoms with Crippen LogP contribution in [0.5, 0.6) is 5.75 Å². The van der Waals surface area contributed by atoms with E-state index in [2.05, 4.69) is 9.97 Å². The van der Waals surface area contributed by atoms with Gasteiger partial charge in [-0.25, -0.2) is 4.98 Å². The maximum atomic E-state index is 5.57. The van der Waals surface area contributed by atoms with Crippen molar-refractivity contribution in [2.75, 3.05) is 12.8 Å². The minimum Gasteiger partial charge on any atom is -0.492 e. The summed E-state index contributed by atoms with van der Waals surface area (Å²) in [5, 5.41) is 0.231. The zero-order valence-corrected chi connectivity index (χ0v) is 6.09. The lowest BCUT2D eigenvalue weighted by atomic mass is 10.6. The highest BCUT2D eigenvalue weighted by atomic mass is 35.5. The number of aromatic nitrogens is 2. The molecule has 0 aliphatic carbocycles. The normalized spacial score (nSPS) is 9.40. The van der Waals surface area contributed by atoms with Gasteiger partial charge in [-0.2, -0.15) is 4.98 Å². The summed E-state index contributed by atoms with van der Waals surface area (Å²) in [6.07, 6.45) is 1.42. The third-order valence-electron chi connectivity index (χ3n) is 0.950. The predicted molar refractivity (Wildman–Crippen MR) is 38.0 cm³/mol. The van der Waals surface area contributed by atoms with Gasteiger partial charge in [-0.05, 0) is 0 Å². The first-order valence-electron chi connectivity index (χ1n) is 2.56. The summed E-state index contributed by atoms with van der Waals surface area (Å²) < 4.78 is 4.79. The Kier molecular flexibility index (Phi) is 1.91. The van der Waals surface area contributed by atoms with E-state index in [0.717, 1.165) is 0 Å². The van der Waals surface area contributed by atoms with Crippen LogP contribution >= 0.6 is 11.6 Å². The van der Waals surface area contributed by atoms with Crippen molar-refractivity contribution >= 4 is 17.5 Å². The van der Waals surface area contributed by atoms with Crippen LogP contribution in [0.4, 0.5) is 5.95 Å². The summed E-state index contributed by atoms with van der Waals surface area (Å²) in [6.45, 7) is 0. The second kappa shape index (κ2) is 2.70. The number of nitrogen functional groups attached to an aromatic ring is 1. The molecule has 1 heterocycles. The summed E-state index contributed by atoms with van der Waals surface area (Å²) in [5.41, 5.74) is 5.22. The van der Waals surface area contributed by atoms with E-state index in [9.17, 15) is 0 Å². The Hall–Kier alpha value is -1.03. The first-order valence-corrected chi connectivity index (χ1v) is 2.94. The molecule has 0 atom stereocenters. The number of nitrogens with zero attached hydrogens (tertiary/aromatic N) is 2. The molecule has 0 fully saturated rings. The molecule has 1 rings (SSSR count). The largest absolute Gasteiger partial charge is 0.492 e. The summed E-state index contributed by atoms with van der Waals surface area (Å²) in [5.74, 6) is 0.571. The molecule has 54 valence electrons. The average molecular weight is 160 g/mol. The topological polar surface area (TPSA) is 61.0 Å². The molecule has 0 amide bonds. The minimum atomic E-state index is 0.144. The van der Waals surface area contributed by atoms with Crippen molar-refractivity contribution in [3.8, 4) is 5.75 Å². The molecule has 0 aliphatic heterocycles. The Morgan fingerprint density at radius 1 is 1.70 bits per heavy atom. The number of methoxy groups -OCH3 is 1. The standard InChI is InChI=1S/C5H6ClN3O/c1-10-3-2-8-5(7)9-4(3)6/h2H,1H3,(H2,7,8,9). The molecule has 10 heavy (non-hydrogen) atoms. The van der Waals surface area contributed by atoms with Crippen LogP contribution in [-0.2, 0) is 0 Å². The molecule has 1 aromatic heterocycles. The number of hydrogen-bond donors (Lipinski definition) is 1. The molecule has 0 aromatic carbocycles. The zero-order valence-electron chi connectivity index (χ0n) is 5.34. The van der Waals surface area contributed by atoms with Gasteiger partial charge in [-0.1, -0.05) is 11.6 Å². The maximum absolute atomic E-state index is 5.57. The molecule has 5 heteroatoms. The summed E-state index contributed by atoms with van der Waals surface area (Å²) >= 11 is 5.57. The number of hydrogen-bond acceptors (Lipinski definition) is 4. The molecule has 0 aliphatic rings. The van der Waals surface area contributed by atoms with Crippen molar-refractivity contribution in [1.82, 2.24) is 9.97 Å². The van der Waals surface area contributed by atoms with E-state index >= 15 is 0 Å². The van der Waals surface area contributed by atoms with Crippen LogP contribution in [0.1, 0.15) is 0 Å². The summed E-state index contributed by atoms with van der Waals surface area (Å²) in [7, 11) is 1.49. The van der Waals surface area contributed by atoms with Crippen molar-refractivity contribution in [1.29, 1.82) is 0 Å². The molecular weight excluding hydrogens is 154 g/mol. The Bertz CT molecular complexity index is 240. The third-order valence-corrected chi connectivity index (χ3v) is 1.22. The molecule has 0 saturated carbocycles. The first kappa shape index (κ1) is 7.08. The van der Waals surface area contributed by atoms with Crippen molar-refractivity contribution in [3.05, 3.63) is 11.3 Å². The van der Waals surface area contributed by atoms with E-state index in [1.54, 1.807) is 0 Å². The van der Waals surface area contributed by atoms with Gasteiger partial charge in [-0.15, -0.1) is 0 Å². The fourth-order valence-corrected chi connectivity index (χ4v) is 0.712. The summed E-state index contributed by atoms with van der Waals surface area (Å²) in [6, 6.07) is 0. The van der Waals surface area contributed by atoms with Crippen LogP contribution in [0.2, 0.25) is 5.15 Å². The minimum absolute atomic E-state index is 0.144. The smallest absolute Gasteiger partial charge is 0.221 e. The van der Waals surface area contributed by atoms with Gasteiger partial charge in [0.25, 0.3) is 0 Å². The second-order valence-electron chi connectivity index (χ2n) is 1.59. The van der Waals surface area contributed by atoms with Crippen LogP contribution in [0, 0.1) is 0 Å². The van der Waals surface area contributed by atoms with Crippen LogP contribution < -0.4 is 10.5 Å². The lowest BCUT2D eigenvalue weighted by Crippen LogP contribution is -1.95. The molecule has 1 aromatic rings. The Balaban J connectivity index is 3.07. The van der Waals surface area contributed by atoms with Crippen molar-refractivity contribution < 1.29 is 4.74 Å². The van der Waals surface area contributed by atoms with Gasteiger partial charge >= 0.3 is 0 Å². The van der Waals surface area contributed by atoms with E-state index in [4.69, 9.17) is 22.1 Å². The van der Waals surface area contributed by atoms with Gasteiger partial charge in [0, 0.05) is 0 Å². The highest BCUT2D eigenvalue weighted by Gasteiger charge is 2.00. The third kappa shape index (κ3) is 1.27. The molecular formula is C5H6ClN3O. The SMILES string of the molecule is COc1cnc(N)nc1Cl. The number of ether oxygens (including phenoxy) is 1. The average Bonchev–Trinajstić information content (AvgIpc) is 1.88. The highest BCUT2D eigenvalue weighted by molar-refractivity contribution is 6.30. The summed E-state index contributed by atoms with van der Waals surface area (Å²) in [4.78, 5) is 7.32. The van der Waals surface area contributed by atoms with E-state index in [-0.39, 0.29) is 11.1 Å². The van der Waals surface area contributed by atoms with E-state index in [1.165, 1.54) is 13.3 Å². The van der Waals surface area contributed by atoms with Gasteiger partial charge < -0.3 is 10.5 Å². The molecule has 0 bridgehead atoms. The fourth-order valence-electron chi connectivity index (χ4n) is 0.499. The van der Waals surface area contributed by atoms with Gasteiger partial charge in [0.05, 0.1) is 13.3 Å². The molecule has 2 N–H and O–H groups in total. The van der Waals surface area contributed by atoms with Gasteiger partial charge in [0.2, 0.25) is 5.95 Å². The quantitative estimate of drug-likeness (QED) is 0.614. The number of anilines is 1. The molecule has 4 nitrogen and oxygen atoms in total. The second-order valence-corrected chi connectivity index (χ2v) is 1.95. The molecule has 0 saturated heterocycles. The van der Waals surface area contributed by atoms with Crippen LogP contribution in [0.15, 0.2) is 6.20 Å². The Morgan fingerprint density at radius 3 is 2.90 bits per heavy atom. The first-order chi connectivity index (χ1) is 4.74. The van der Waals surface area contributed by atoms with Gasteiger partial charge in [0.15, 0.2) is 10.9 Å². The lowest BCUT2D eigenvalue weighted by molar-refractivity contribution is 0.411. The Morgan fingerprint density at radius 2 is 2.40 bits per heavy atom. The molecule has 0 spiro atoms. The number of nitrogens with two attached hydrogens (primary N) is 1. The van der Waals surface area contributed by atoms with Crippen molar-refractivity contribution in [3.63, 3.8) is 0 Å². The molecule has 0 unspecified atom stereocenters. The van der Waals surface area contributed by atoms with Gasteiger partial charge in [-0.3, -0.25) is 0 Å². The number of halogens is 1. The lowest BCUT2D eigenvalue weighted by Gasteiger charge is -1.99. The monoisotopic (exact) mass is 159 g/mol. The molecule has 0 radical (unpaired) electrons. The van der Waals surface area contributed by atoms with E-state index < -0.39 is 0 Å². The predicted octanol–water partition coefficient (Wildman–Crippen LogP) is 0.721. The van der Waals surface area contributed by atoms with Crippen LogP contribution in [0.3, 0.4) is 0 Å². The van der Waals surface area contributed by atoms with Crippen LogP contribution in [0.25, 0.3) is 0 Å². The highest BCUT2D eigenvalue weighted by Crippen LogP contribution is 2.19. The fraction of sp³-hybridized carbons (Fsp3) is 0.200. The Labute approximate surface area is 63.0 Å². The zero-order chi connectivity index (χ0) is 7.56. The van der Waals surface area contributed by atoms with Gasteiger partial charge in [0.1, 0.15) is 0 Å². The van der Waals surface area contributed by atoms with Crippen molar-refractivity contribution in [2.24, 2.45) is 0 Å². The van der Waals surface area contributed by atoms with E-state index in [0.29, 0.717) is 5.75 Å². The van der Waals surface area contributed by atoms with Crippen LogP contribution in [-0.4, -0.2) is 17.1 Å². The number of rotatable bonds is 1. The van der Waals surface area contributed by atoms with E-state index in [1.807, 2.05) is 0 Å². The maximum Gasteiger partial charge on any atom is 0.221 e.